The topological polar surface area (TPSA) is 83.8 Å². The summed E-state index contributed by atoms with van der Waals surface area (Å²) < 4.78 is 1.75. The van der Waals surface area contributed by atoms with Gasteiger partial charge in [-0.2, -0.15) is 5.10 Å². The summed E-state index contributed by atoms with van der Waals surface area (Å²) in [6.45, 7) is 5.70. The van der Waals surface area contributed by atoms with Crippen LogP contribution in [-0.2, 0) is 10.3 Å². The molecule has 0 radical (unpaired) electrons. The second-order valence-electron chi connectivity index (χ2n) is 6.22. The average molecular weight is 312 g/mol. The van der Waals surface area contributed by atoms with Crippen LogP contribution in [0.25, 0.3) is 22.2 Å². The highest BCUT2D eigenvalue weighted by Crippen LogP contribution is 2.32. The van der Waals surface area contributed by atoms with Crippen molar-refractivity contribution in [2.75, 3.05) is 0 Å². The summed E-state index contributed by atoms with van der Waals surface area (Å²) >= 11 is 0. The first-order valence-electron chi connectivity index (χ1n) is 7.65. The van der Waals surface area contributed by atoms with E-state index in [2.05, 4.69) is 15.1 Å². The Morgan fingerprint density at radius 1 is 1.43 bits per heavy atom. The average Bonchev–Trinajstić information content (AvgIpc) is 3.16. The van der Waals surface area contributed by atoms with E-state index in [0.717, 1.165) is 22.2 Å². The standard InChI is InChI=1S/C17H20N4O2/c1-4-14(16(22)23)17(2,3)21-10-11(9-20-21)12-5-7-18-15-13(12)6-8-19-15/h5-10,14H,4H2,1-3H3,(H,18,19)(H,22,23). The first-order chi connectivity index (χ1) is 10.9. The van der Waals surface area contributed by atoms with E-state index < -0.39 is 17.4 Å². The normalized spacial score (nSPS) is 13.3. The van der Waals surface area contributed by atoms with Crippen LogP contribution in [-0.4, -0.2) is 30.8 Å². The molecule has 0 aliphatic rings. The van der Waals surface area contributed by atoms with Crippen LogP contribution in [0.4, 0.5) is 0 Å². The Balaban J connectivity index is 2.03. The van der Waals surface area contributed by atoms with Crippen LogP contribution in [0.5, 0.6) is 0 Å². The van der Waals surface area contributed by atoms with Crippen molar-refractivity contribution in [3.05, 3.63) is 36.9 Å². The van der Waals surface area contributed by atoms with E-state index in [4.69, 9.17) is 0 Å². The molecular formula is C17H20N4O2. The fraction of sp³-hybridized carbons (Fsp3) is 0.353. The quantitative estimate of drug-likeness (QED) is 0.757. The van der Waals surface area contributed by atoms with E-state index in [1.54, 1.807) is 17.1 Å². The third-order valence-electron chi connectivity index (χ3n) is 4.50. The molecule has 0 saturated heterocycles. The van der Waals surface area contributed by atoms with Gasteiger partial charge in [0.05, 0.1) is 17.7 Å². The van der Waals surface area contributed by atoms with Crippen molar-refractivity contribution < 1.29 is 9.90 Å². The molecule has 6 nitrogen and oxygen atoms in total. The number of aromatic amines is 1. The summed E-state index contributed by atoms with van der Waals surface area (Å²) in [6.07, 6.45) is 7.84. The maximum absolute atomic E-state index is 11.5. The number of carboxylic acid groups (broad SMARTS) is 1. The zero-order valence-electron chi connectivity index (χ0n) is 13.4. The van der Waals surface area contributed by atoms with Crippen LogP contribution >= 0.6 is 0 Å². The lowest BCUT2D eigenvalue weighted by Crippen LogP contribution is -2.40. The molecule has 0 aliphatic carbocycles. The smallest absolute Gasteiger partial charge is 0.308 e. The number of nitrogens with zero attached hydrogens (tertiary/aromatic N) is 3. The van der Waals surface area contributed by atoms with Crippen LogP contribution in [0.1, 0.15) is 27.2 Å². The third-order valence-corrected chi connectivity index (χ3v) is 4.50. The Kier molecular flexibility index (Phi) is 3.67. The van der Waals surface area contributed by atoms with Crippen molar-refractivity contribution in [2.24, 2.45) is 5.92 Å². The Bertz CT molecular complexity index is 847. The van der Waals surface area contributed by atoms with Crippen LogP contribution in [0.2, 0.25) is 0 Å². The predicted octanol–water partition coefficient (Wildman–Crippen LogP) is 3.27. The molecule has 3 aromatic rings. The summed E-state index contributed by atoms with van der Waals surface area (Å²) in [5.74, 6) is -1.30. The van der Waals surface area contributed by atoms with E-state index in [1.807, 2.05) is 45.3 Å². The Labute approximate surface area is 134 Å². The van der Waals surface area contributed by atoms with Gasteiger partial charge in [0.15, 0.2) is 0 Å². The lowest BCUT2D eigenvalue weighted by Gasteiger charge is -2.31. The van der Waals surface area contributed by atoms with Crippen molar-refractivity contribution in [3.8, 4) is 11.1 Å². The number of aliphatic carboxylic acids is 1. The van der Waals surface area contributed by atoms with Crippen molar-refractivity contribution in [1.29, 1.82) is 0 Å². The number of rotatable bonds is 5. The number of aromatic nitrogens is 4. The first kappa shape index (κ1) is 15.3. The van der Waals surface area contributed by atoms with E-state index in [9.17, 15) is 9.90 Å². The molecule has 6 heteroatoms. The van der Waals surface area contributed by atoms with Gasteiger partial charge in [0.2, 0.25) is 0 Å². The summed E-state index contributed by atoms with van der Waals surface area (Å²) in [5, 5.41) is 14.9. The molecule has 1 atom stereocenters. The monoisotopic (exact) mass is 312 g/mol. The number of fused-ring (bicyclic) bond motifs is 1. The minimum absolute atomic E-state index is 0.500. The zero-order chi connectivity index (χ0) is 16.6. The number of carbonyl (C=O) groups is 1. The van der Waals surface area contributed by atoms with Crippen molar-refractivity contribution in [1.82, 2.24) is 19.7 Å². The van der Waals surface area contributed by atoms with Gasteiger partial charge >= 0.3 is 5.97 Å². The molecule has 23 heavy (non-hydrogen) atoms. The van der Waals surface area contributed by atoms with Crippen molar-refractivity contribution >= 4 is 17.0 Å². The third kappa shape index (κ3) is 2.50. The fourth-order valence-electron chi connectivity index (χ4n) is 3.13. The molecule has 0 amide bonds. The first-order valence-corrected chi connectivity index (χ1v) is 7.65. The molecule has 2 N–H and O–H groups in total. The minimum Gasteiger partial charge on any atom is -0.481 e. The van der Waals surface area contributed by atoms with Gasteiger partial charge < -0.3 is 10.1 Å². The maximum atomic E-state index is 11.5. The van der Waals surface area contributed by atoms with Crippen LogP contribution in [0.15, 0.2) is 36.9 Å². The van der Waals surface area contributed by atoms with Crippen molar-refractivity contribution in [3.63, 3.8) is 0 Å². The number of H-pyrrole nitrogens is 1. The molecule has 0 spiro atoms. The molecule has 0 bridgehead atoms. The van der Waals surface area contributed by atoms with Gasteiger partial charge in [0, 0.05) is 29.5 Å². The van der Waals surface area contributed by atoms with Crippen LogP contribution in [0, 0.1) is 5.92 Å². The Morgan fingerprint density at radius 3 is 2.91 bits per heavy atom. The molecule has 1 unspecified atom stereocenters. The highest BCUT2D eigenvalue weighted by atomic mass is 16.4. The summed E-state index contributed by atoms with van der Waals surface area (Å²) in [6, 6.07) is 3.92. The van der Waals surface area contributed by atoms with Gasteiger partial charge in [-0.3, -0.25) is 9.48 Å². The van der Waals surface area contributed by atoms with Crippen LogP contribution in [0.3, 0.4) is 0 Å². The largest absolute Gasteiger partial charge is 0.481 e. The number of nitrogens with one attached hydrogen (secondary N) is 1. The second-order valence-corrected chi connectivity index (χ2v) is 6.22. The highest BCUT2D eigenvalue weighted by molar-refractivity contribution is 5.92. The predicted molar refractivity (Wildman–Crippen MR) is 88.1 cm³/mol. The highest BCUT2D eigenvalue weighted by Gasteiger charge is 2.36. The van der Waals surface area contributed by atoms with E-state index >= 15 is 0 Å². The van der Waals surface area contributed by atoms with Gasteiger partial charge in [-0.1, -0.05) is 6.92 Å². The summed E-state index contributed by atoms with van der Waals surface area (Å²) in [7, 11) is 0. The molecule has 3 aromatic heterocycles. The van der Waals surface area contributed by atoms with E-state index in [0.29, 0.717) is 6.42 Å². The van der Waals surface area contributed by atoms with E-state index in [1.165, 1.54) is 0 Å². The van der Waals surface area contributed by atoms with Gasteiger partial charge in [0.25, 0.3) is 0 Å². The van der Waals surface area contributed by atoms with Gasteiger partial charge in [-0.15, -0.1) is 0 Å². The van der Waals surface area contributed by atoms with Crippen molar-refractivity contribution in [2.45, 2.75) is 32.7 Å². The zero-order valence-corrected chi connectivity index (χ0v) is 13.4. The number of hydrogen-bond acceptors (Lipinski definition) is 3. The molecule has 0 aliphatic heterocycles. The Hall–Kier alpha value is -2.63. The lowest BCUT2D eigenvalue weighted by atomic mass is 9.85. The maximum Gasteiger partial charge on any atom is 0.308 e. The minimum atomic E-state index is -0.800. The van der Waals surface area contributed by atoms with E-state index in [-0.39, 0.29) is 0 Å². The van der Waals surface area contributed by atoms with Gasteiger partial charge in [-0.25, -0.2) is 4.98 Å². The lowest BCUT2D eigenvalue weighted by molar-refractivity contribution is -0.145. The molecule has 0 saturated carbocycles. The van der Waals surface area contributed by atoms with Gasteiger partial charge in [0.1, 0.15) is 5.65 Å². The number of pyridine rings is 1. The number of hydrogen-bond donors (Lipinski definition) is 2. The molecule has 120 valence electrons. The number of carboxylic acids is 1. The SMILES string of the molecule is CCC(C(=O)O)C(C)(C)n1cc(-c2ccnc3[nH]ccc23)cn1. The summed E-state index contributed by atoms with van der Waals surface area (Å²) in [4.78, 5) is 18.9. The fourth-order valence-corrected chi connectivity index (χ4v) is 3.13. The second kappa shape index (κ2) is 5.53. The molecule has 3 heterocycles. The molecule has 3 rings (SSSR count). The summed E-state index contributed by atoms with van der Waals surface area (Å²) in [5.41, 5.74) is 2.20. The van der Waals surface area contributed by atoms with Gasteiger partial charge in [-0.05, 0) is 38.0 Å². The molecule has 0 fully saturated rings. The van der Waals surface area contributed by atoms with Crippen LogP contribution < -0.4 is 0 Å². The molecule has 0 aromatic carbocycles. The Morgan fingerprint density at radius 2 is 2.22 bits per heavy atom. The molecular weight excluding hydrogens is 292 g/mol.